The molecule has 0 heterocycles. The normalized spacial score (nSPS) is 12.7. The molecule has 0 aliphatic carbocycles. The molecule has 0 bridgehead atoms. The number of nitro benzene ring substituents is 1. The fourth-order valence-corrected chi connectivity index (χ4v) is 3.19. The van der Waals surface area contributed by atoms with Crippen LogP contribution in [0.4, 0.5) is 11.4 Å². The first-order chi connectivity index (χ1) is 8.95. The van der Waals surface area contributed by atoms with Crippen LogP contribution in [0, 0.1) is 15.5 Å². The molecular weight excluding hydrogens is 282 g/mol. The zero-order valence-electron chi connectivity index (χ0n) is 12.0. The molecule has 0 atom stereocenters. The zero-order chi connectivity index (χ0) is 15.7. The van der Waals surface area contributed by atoms with E-state index in [1.807, 2.05) is 20.8 Å². The Morgan fingerprint density at radius 1 is 1.35 bits per heavy atom. The van der Waals surface area contributed by atoms with Gasteiger partial charge in [0.05, 0.1) is 9.82 Å². The van der Waals surface area contributed by atoms with Gasteiger partial charge in [-0.2, -0.15) is 0 Å². The summed E-state index contributed by atoms with van der Waals surface area (Å²) in [4.78, 5) is 9.99. The van der Waals surface area contributed by atoms with Crippen LogP contribution < -0.4 is 5.73 Å². The Balaban J connectivity index is 3.23. The second kappa shape index (κ2) is 5.37. The van der Waals surface area contributed by atoms with Crippen molar-refractivity contribution >= 4 is 21.4 Å². The van der Waals surface area contributed by atoms with E-state index in [4.69, 9.17) is 5.73 Å². The number of nitrogen functional groups attached to an aromatic ring is 1. The maximum Gasteiger partial charge on any atom is 0.293 e. The molecule has 1 rings (SSSR count). The number of benzene rings is 1. The Hall–Kier alpha value is -1.67. The molecule has 112 valence electrons. The number of hydrogen-bond donors (Lipinski definition) is 1. The molecule has 8 heteroatoms. The van der Waals surface area contributed by atoms with Crippen molar-refractivity contribution in [3.63, 3.8) is 0 Å². The lowest BCUT2D eigenvalue weighted by Gasteiger charge is -2.26. The number of nitro groups is 1. The first-order valence-electron chi connectivity index (χ1n) is 5.95. The number of nitrogens with zero attached hydrogens (tertiary/aromatic N) is 2. The first kappa shape index (κ1) is 16.4. The van der Waals surface area contributed by atoms with Crippen LogP contribution in [0.5, 0.6) is 0 Å². The van der Waals surface area contributed by atoms with Gasteiger partial charge in [0.15, 0.2) is 0 Å². The average Bonchev–Trinajstić information content (AvgIpc) is 2.26. The number of nitrogens with two attached hydrogens (primary N) is 1. The third-order valence-corrected chi connectivity index (χ3v) is 4.40. The molecule has 0 amide bonds. The summed E-state index contributed by atoms with van der Waals surface area (Å²) >= 11 is 0. The van der Waals surface area contributed by atoms with E-state index in [1.165, 1.54) is 23.5 Å². The minimum absolute atomic E-state index is 0.0626. The number of sulfonamides is 1. The summed E-state index contributed by atoms with van der Waals surface area (Å²) in [5.74, 6) is 0. The Bertz CT molecular complexity index is 620. The van der Waals surface area contributed by atoms with Crippen molar-refractivity contribution in [2.24, 2.45) is 5.41 Å². The standard InChI is InChI=1S/C12H19N3O4S/c1-12(2,3)8-14(4)20(18,19)9-5-6-10(13)11(7-9)15(16)17/h5-7H,8,13H2,1-4H3. The van der Waals surface area contributed by atoms with Crippen molar-refractivity contribution in [2.75, 3.05) is 19.3 Å². The van der Waals surface area contributed by atoms with Gasteiger partial charge in [-0.25, -0.2) is 12.7 Å². The van der Waals surface area contributed by atoms with E-state index in [-0.39, 0.29) is 16.0 Å². The minimum atomic E-state index is -3.77. The molecule has 0 unspecified atom stereocenters. The molecule has 0 aromatic heterocycles. The molecular formula is C12H19N3O4S. The highest BCUT2D eigenvalue weighted by Crippen LogP contribution is 2.27. The van der Waals surface area contributed by atoms with E-state index in [2.05, 4.69) is 0 Å². The van der Waals surface area contributed by atoms with E-state index < -0.39 is 20.6 Å². The second-order valence-electron chi connectivity index (χ2n) is 5.80. The van der Waals surface area contributed by atoms with Crippen LogP contribution in [0.15, 0.2) is 23.1 Å². The largest absolute Gasteiger partial charge is 0.393 e. The highest BCUT2D eigenvalue weighted by Gasteiger charge is 2.27. The van der Waals surface area contributed by atoms with Gasteiger partial charge < -0.3 is 5.73 Å². The van der Waals surface area contributed by atoms with Crippen molar-refractivity contribution in [2.45, 2.75) is 25.7 Å². The van der Waals surface area contributed by atoms with Crippen LogP contribution in [0.25, 0.3) is 0 Å². The van der Waals surface area contributed by atoms with E-state index in [9.17, 15) is 18.5 Å². The summed E-state index contributed by atoms with van der Waals surface area (Å²) in [6, 6.07) is 3.50. The van der Waals surface area contributed by atoms with Gasteiger partial charge >= 0.3 is 0 Å². The molecule has 2 N–H and O–H groups in total. The molecule has 0 radical (unpaired) electrons. The molecule has 1 aromatic rings. The van der Waals surface area contributed by atoms with E-state index in [1.54, 1.807) is 0 Å². The molecule has 20 heavy (non-hydrogen) atoms. The highest BCUT2D eigenvalue weighted by molar-refractivity contribution is 7.89. The Morgan fingerprint density at radius 3 is 2.35 bits per heavy atom. The van der Waals surface area contributed by atoms with Gasteiger partial charge in [-0.15, -0.1) is 0 Å². The van der Waals surface area contributed by atoms with Gasteiger partial charge in [0.1, 0.15) is 5.69 Å². The summed E-state index contributed by atoms with van der Waals surface area (Å²) in [5.41, 5.74) is 4.77. The summed E-state index contributed by atoms with van der Waals surface area (Å²) in [6.45, 7) is 6.02. The van der Waals surface area contributed by atoms with E-state index in [0.717, 1.165) is 6.07 Å². The van der Waals surface area contributed by atoms with Crippen LogP contribution in [0.3, 0.4) is 0 Å². The topological polar surface area (TPSA) is 107 Å². The van der Waals surface area contributed by atoms with Crippen LogP contribution >= 0.6 is 0 Å². The van der Waals surface area contributed by atoms with Crippen molar-refractivity contribution in [1.29, 1.82) is 0 Å². The second-order valence-corrected chi connectivity index (χ2v) is 7.84. The quantitative estimate of drug-likeness (QED) is 0.519. The number of hydrogen-bond acceptors (Lipinski definition) is 5. The van der Waals surface area contributed by atoms with Crippen LogP contribution in [0.1, 0.15) is 20.8 Å². The summed E-state index contributed by atoms with van der Waals surface area (Å²) in [7, 11) is -2.32. The summed E-state index contributed by atoms with van der Waals surface area (Å²) < 4.78 is 25.9. The minimum Gasteiger partial charge on any atom is -0.393 e. The lowest BCUT2D eigenvalue weighted by molar-refractivity contribution is -0.384. The maximum atomic E-state index is 12.4. The van der Waals surface area contributed by atoms with E-state index >= 15 is 0 Å². The fourth-order valence-electron chi connectivity index (χ4n) is 1.77. The third-order valence-electron chi connectivity index (χ3n) is 2.60. The molecule has 1 aromatic carbocycles. The van der Waals surface area contributed by atoms with Gasteiger partial charge in [0.2, 0.25) is 10.0 Å². The summed E-state index contributed by atoms with van der Waals surface area (Å²) in [5, 5.41) is 10.8. The van der Waals surface area contributed by atoms with Crippen molar-refractivity contribution in [3.05, 3.63) is 28.3 Å². The molecule has 0 aliphatic rings. The first-order valence-corrected chi connectivity index (χ1v) is 7.39. The number of rotatable bonds is 4. The average molecular weight is 301 g/mol. The van der Waals surface area contributed by atoms with Crippen molar-refractivity contribution < 1.29 is 13.3 Å². The lowest BCUT2D eigenvalue weighted by atomic mass is 9.97. The van der Waals surface area contributed by atoms with Crippen LogP contribution in [-0.4, -0.2) is 31.2 Å². The lowest BCUT2D eigenvalue weighted by Crippen LogP contribution is -2.34. The van der Waals surface area contributed by atoms with Crippen LogP contribution in [0.2, 0.25) is 0 Å². The summed E-state index contributed by atoms with van der Waals surface area (Å²) in [6.07, 6.45) is 0. The SMILES string of the molecule is CN(CC(C)(C)C)S(=O)(=O)c1ccc(N)c([N+](=O)[O-])c1. The smallest absolute Gasteiger partial charge is 0.293 e. The van der Waals surface area contributed by atoms with E-state index in [0.29, 0.717) is 6.54 Å². The van der Waals surface area contributed by atoms with Crippen LogP contribution in [-0.2, 0) is 10.0 Å². The Morgan fingerprint density at radius 2 is 1.90 bits per heavy atom. The van der Waals surface area contributed by atoms with Gasteiger partial charge in [-0.3, -0.25) is 10.1 Å². The molecule has 0 fully saturated rings. The Labute approximate surface area is 118 Å². The van der Waals surface area contributed by atoms with Gasteiger partial charge in [0.25, 0.3) is 5.69 Å². The van der Waals surface area contributed by atoms with Crippen molar-refractivity contribution in [3.8, 4) is 0 Å². The molecule has 0 saturated carbocycles. The number of anilines is 1. The molecule has 0 spiro atoms. The predicted octanol–water partition coefficient (Wildman–Crippen LogP) is 1.84. The predicted molar refractivity (Wildman–Crippen MR) is 76.8 cm³/mol. The van der Waals surface area contributed by atoms with Crippen molar-refractivity contribution in [1.82, 2.24) is 4.31 Å². The van der Waals surface area contributed by atoms with Gasteiger partial charge in [0, 0.05) is 19.7 Å². The van der Waals surface area contributed by atoms with Gasteiger partial charge in [-0.1, -0.05) is 20.8 Å². The molecule has 0 aliphatic heterocycles. The maximum absolute atomic E-state index is 12.4. The zero-order valence-corrected chi connectivity index (χ0v) is 12.8. The third kappa shape index (κ3) is 3.67. The monoisotopic (exact) mass is 301 g/mol. The molecule has 7 nitrogen and oxygen atoms in total. The molecule has 0 saturated heterocycles. The van der Waals surface area contributed by atoms with Gasteiger partial charge in [-0.05, 0) is 17.5 Å². The highest BCUT2D eigenvalue weighted by atomic mass is 32.2. The Kier molecular flexibility index (Phi) is 4.40. The fraction of sp³-hybridized carbons (Fsp3) is 0.500.